The number of nitrogens with zero attached hydrogens (tertiary/aromatic N) is 3. The van der Waals surface area contributed by atoms with Crippen molar-refractivity contribution < 1.29 is 17.9 Å². The molecule has 176 valence electrons. The molecule has 0 amide bonds. The van der Waals surface area contributed by atoms with E-state index < -0.39 is 11.7 Å². The number of piperidine rings is 1. The van der Waals surface area contributed by atoms with Gasteiger partial charge in [-0.3, -0.25) is 9.78 Å². The number of aromatic amines is 1. The van der Waals surface area contributed by atoms with E-state index in [0.717, 1.165) is 38.1 Å². The Hall–Kier alpha value is -2.70. The van der Waals surface area contributed by atoms with Crippen LogP contribution in [-0.4, -0.2) is 60.4 Å². The number of rotatable bonds is 4. The predicted molar refractivity (Wildman–Crippen MR) is 121 cm³/mol. The first-order valence-electron chi connectivity index (χ1n) is 10.8. The van der Waals surface area contributed by atoms with Crippen LogP contribution < -0.4 is 21.1 Å². The number of benzene rings is 1. The Kier molecular flexibility index (Phi) is 5.97. The number of aromatic nitrogens is 3. The Balaban J connectivity index is 1.58. The molecule has 2 aromatic heterocycles. The first kappa shape index (κ1) is 22.1. The summed E-state index contributed by atoms with van der Waals surface area (Å²) >= 11 is 1.17. The van der Waals surface area contributed by atoms with E-state index >= 15 is 0 Å². The Morgan fingerprint density at radius 2 is 2.03 bits per heavy atom. The van der Waals surface area contributed by atoms with E-state index in [1.807, 2.05) is 4.90 Å². The highest BCUT2D eigenvalue weighted by Crippen LogP contribution is 2.36. The van der Waals surface area contributed by atoms with Crippen molar-refractivity contribution in [1.29, 1.82) is 0 Å². The highest BCUT2D eigenvalue weighted by Gasteiger charge is 2.31. The number of anilines is 2. The molecular weight excluding hydrogens is 457 g/mol. The van der Waals surface area contributed by atoms with Crippen LogP contribution in [0.1, 0.15) is 18.4 Å². The summed E-state index contributed by atoms with van der Waals surface area (Å²) in [6.45, 7) is 3.96. The quantitative estimate of drug-likeness (QED) is 0.528. The molecular formula is C21H23F3N6O2S. The van der Waals surface area contributed by atoms with Gasteiger partial charge in [-0.25, -0.2) is 4.98 Å². The molecule has 3 aromatic rings. The number of ether oxygens (including phenoxy) is 1. The molecule has 33 heavy (non-hydrogen) atoms. The monoisotopic (exact) mass is 480 g/mol. The van der Waals surface area contributed by atoms with Crippen molar-refractivity contribution in [1.82, 2.24) is 20.3 Å². The van der Waals surface area contributed by atoms with Crippen molar-refractivity contribution in [3.63, 3.8) is 0 Å². The number of H-pyrrole nitrogens is 1. The fourth-order valence-electron chi connectivity index (χ4n) is 4.07. The molecule has 8 nitrogen and oxygen atoms in total. The van der Waals surface area contributed by atoms with Crippen molar-refractivity contribution in [2.75, 3.05) is 49.6 Å². The molecule has 2 fully saturated rings. The molecule has 0 radical (unpaired) electrons. The molecule has 0 spiro atoms. The lowest BCUT2D eigenvalue weighted by Gasteiger charge is -2.29. The predicted octanol–water partition coefficient (Wildman–Crippen LogP) is 3.07. The van der Waals surface area contributed by atoms with Gasteiger partial charge in [-0.15, -0.1) is 11.3 Å². The summed E-state index contributed by atoms with van der Waals surface area (Å²) < 4.78 is 45.4. The second kappa shape index (κ2) is 8.92. The molecule has 2 saturated heterocycles. The molecule has 0 bridgehead atoms. The topological polar surface area (TPSA) is 95.2 Å². The van der Waals surface area contributed by atoms with Crippen molar-refractivity contribution in [2.24, 2.45) is 0 Å². The van der Waals surface area contributed by atoms with Crippen LogP contribution in [0.25, 0.3) is 20.8 Å². The zero-order chi connectivity index (χ0) is 23.0. The smallest absolute Gasteiger partial charge is 0.378 e. The Morgan fingerprint density at radius 1 is 1.21 bits per heavy atom. The summed E-state index contributed by atoms with van der Waals surface area (Å²) in [6, 6.07) is 3.51. The van der Waals surface area contributed by atoms with Gasteiger partial charge in [0.25, 0.3) is 5.56 Å². The summed E-state index contributed by atoms with van der Waals surface area (Å²) in [4.78, 5) is 27.1. The van der Waals surface area contributed by atoms with Crippen LogP contribution in [0.5, 0.6) is 0 Å². The van der Waals surface area contributed by atoms with Gasteiger partial charge in [-0.05, 0) is 37.6 Å². The van der Waals surface area contributed by atoms with E-state index in [4.69, 9.17) is 9.72 Å². The van der Waals surface area contributed by atoms with Crippen LogP contribution in [-0.2, 0) is 10.9 Å². The van der Waals surface area contributed by atoms with Gasteiger partial charge >= 0.3 is 6.18 Å². The summed E-state index contributed by atoms with van der Waals surface area (Å²) in [5, 5.41) is 7.04. The molecule has 5 rings (SSSR count). The minimum atomic E-state index is -4.46. The number of morpholine rings is 1. The number of hydrogen-bond donors (Lipinski definition) is 3. The molecule has 2 aliphatic rings. The number of halogens is 3. The lowest BCUT2D eigenvalue weighted by molar-refractivity contribution is -0.137. The van der Waals surface area contributed by atoms with E-state index in [1.54, 1.807) is 0 Å². The molecule has 0 saturated carbocycles. The standard InChI is InChI=1S/C21H23F3N6O2S/c22-21(23,24)12-3-4-15-14(10-12)27-19(33-15)16-17(26-13-2-1-5-25-11-13)28-20(29-18(16)31)30-6-8-32-9-7-30/h3-4,10,13,25H,1-2,5-9,11H2,(H2,26,28,29,31). The van der Waals surface area contributed by atoms with E-state index in [0.29, 0.717) is 47.8 Å². The first-order chi connectivity index (χ1) is 15.9. The summed E-state index contributed by atoms with van der Waals surface area (Å²) in [5.74, 6) is 0.836. The number of alkyl halides is 3. The average Bonchev–Trinajstić information content (AvgIpc) is 3.22. The second-order valence-corrected chi connectivity index (χ2v) is 9.13. The fraction of sp³-hybridized carbons (Fsp3) is 0.476. The van der Waals surface area contributed by atoms with E-state index in [-0.39, 0.29) is 22.7 Å². The number of thiazole rings is 1. The third-order valence-electron chi connectivity index (χ3n) is 5.78. The van der Waals surface area contributed by atoms with Crippen LogP contribution in [0.15, 0.2) is 23.0 Å². The van der Waals surface area contributed by atoms with E-state index in [2.05, 4.69) is 20.6 Å². The van der Waals surface area contributed by atoms with Gasteiger partial charge in [-0.1, -0.05) is 0 Å². The van der Waals surface area contributed by atoms with Crippen molar-refractivity contribution >= 4 is 33.3 Å². The van der Waals surface area contributed by atoms with Crippen molar-refractivity contribution in [2.45, 2.75) is 25.1 Å². The number of fused-ring (bicyclic) bond motifs is 1. The zero-order valence-corrected chi connectivity index (χ0v) is 18.5. The lowest BCUT2D eigenvalue weighted by Crippen LogP contribution is -2.40. The summed E-state index contributed by atoms with van der Waals surface area (Å²) in [5.41, 5.74) is -0.708. The van der Waals surface area contributed by atoms with Crippen molar-refractivity contribution in [3.8, 4) is 10.6 Å². The van der Waals surface area contributed by atoms with Gasteiger partial charge < -0.3 is 20.3 Å². The van der Waals surface area contributed by atoms with Crippen LogP contribution in [0.2, 0.25) is 0 Å². The van der Waals surface area contributed by atoms with Crippen molar-refractivity contribution in [3.05, 3.63) is 34.1 Å². The maximum absolute atomic E-state index is 13.2. The third kappa shape index (κ3) is 4.68. The van der Waals surface area contributed by atoms with Gasteiger partial charge in [0.15, 0.2) is 0 Å². The van der Waals surface area contributed by atoms with Gasteiger partial charge in [0.2, 0.25) is 5.95 Å². The largest absolute Gasteiger partial charge is 0.416 e. The molecule has 4 heterocycles. The zero-order valence-electron chi connectivity index (χ0n) is 17.7. The van der Waals surface area contributed by atoms with Gasteiger partial charge in [0.05, 0.1) is 29.0 Å². The molecule has 1 atom stereocenters. The maximum atomic E-state index is 13.2. The summed E-state index contributed by atoms with van der Waals surface area (Å²) in [6.07, 6.45) is -2.55. The highest BCUT2D eigenvalue weighted by atomic mass is 32.1. The Bertz CT molecular complexity index is 1200. The molecule has 12 heteroatoms. The maximum Gasteiger partial charge on any atom is 0.416 e. The molecule has 2 aliphatic heterocycles. The number of nitrogens with one attached hydrogen (secondary N) is 3. The third-order valence-corrected chi connectivity index (χ3v) is 6.84. The van der Waals surface area contributed by atoms with Crippen LogP contribution >= 0.6 is 11.3 Å². The Morgan fingerprint density at radius 3 is 2.76 bits per heavy atom. The molecule has 1 aromatic carbocycles. The van der Waals surface area contributed by atoms with Gasteiger partial charge in [-0.2, -0.15) is 18.2 Å². The van der Waals surface area contributed by atoms with E-state index in [9.17, 15) is 18.0 Å². The van der Waals surface area contributed by atoms with Crippen LogP contribution in [0.3, 0.4) is 0 Å². The highest BCUT2D eigenvalue weighted by molar-refractivity contribution is 7.21. The van der Waals surface area contributed by atoms with Crippen LogP contribution in [0, 0.1) is 0 Å². The first-order valence-corrected chi connectivity index (χ1v) is 11.6. The number of hydrogen-bond acceptors (Lipinski definition) is 8. The normalized spacial score (nSPS) is 19.7. The average molecular weight is 481 g/mol. The molecule has 0 aliphatic carbocycles. The van der Waals surface area contributed by atoms with Crippen LogP contribution in [0.4, 0.5) is 24.9 Å². The Labute approximate surface area is 191 Å². The second-order valence-electron chi connectivity index (χ2n) is 8.10. The van der Waals surface area contributed by atoms with E-state index in [1.165, 1.54) is 17.4 Å². The molecule has 1 unspecified atom stereocenters. The van der Waals surface area contributed by atoms with Gasteiger partial charge in [0, 0.05) is 25.7 Å². The fourth-order valence-corrected chi connectivity index (χ4v) is 5.06. The molecule has 3 N–H and O–H groups in total. The van der Waals surface area contributed by atoms with Gasteiger partial charge in [0.1, 0.15) is 16.4 Å². The lowest BCUT2D eigenvalue weighted by atomic mass is 10.1. The SMILES string of the molecule is O=c1[nH]c(N2CCOCC2)nc(NC2CCCNC2)c1-c1nc2cc(C(F)(F)F)ccc2s1. The minimum Gasteiger partial charge on any atom is -0.378 e. The minimum absolute atomic E-state index is 0.0792. The summed E-state index contributed by atoms with van der Waals surface area (Å²) in [7, 11) is 0.